The Balaban J connectivity index is 2.12. The van der Waals surface area contributed by atoms with Gasteiger partial charge in [-0.2, -0.15) is 0 Å². The van der Waals surface area contributed by atoms with Crippen molar-refractivity contribution in [1.29, 1.82) is 0 Å². The van der Waals surface area contributed by atoms with Crippen molar-refractivity contribution in [3.05, 3.63) is 0 Å². The van der Waals surface area contributed by atoms with Gasteiger partial charge in [0.2, 0.25) is 0 Å². The summed E-state index contributed by atoms with van der Waals surface area (Å²) in [5.74, 6) is -0.539. The van der Waals surface area contributed by atoms with Crippen LogP contribution in [0.1, 0.15) is 46.5 Å². The number of aliphatic carboxylic acids is 1. The van der Waals surface area contributed by atoms with Gasteiger partial charge in [-0.3, -0.25) is 4.79 Å². The molecule has 1 saturated carbocycles. The second-order valence-electron chi connectivity index (χ2n) is 5.76. The van der Waals surface area contributed by atoms with Crippen LogP contribution < -0.4 is 10.6 Å². The van der Waals surface area contributed by atoms with Crippen molar-refractivity contribution in [2.75, 3.05) is 6.54 Å². The molecule has 2 amide bonds. The zero-order chi connectivity index (χ0) is 13.8. The molecule has 0 heterocycles. The highest BCUT2D eigenvalue weighted by atomic mass is 16.4. The minimum atomic E-state index is -0.783. The van der Waals surface area contributed by atoms with Crippen LogP contribution in [-0.4, -0.2) is 29.2 Å². The van der Waals surface area contributed by atoms with Crippen LogP contribution in [0.3, 0.4) is 0 Å². The number of carboxylic acids is 1. The van der Waals surface area contributed by atoms with E-state index in [9.17, 15) is 9.59 Å². The molecule has 0 aromatic heterocycles. The van der Waals surface area contributed by atoms with Crippen LogP contribution in [0.25, 0.3) is 0 Å². The van der Waals surface area contributed by atoms with Crippen molar-refractivity contribution in [3.8, 4) is 0 Å². The summed E-state index contributed by atoms with van der Waals surface area (Å²) in [5, 5.41) is 14.4. The molecule has 1 fully saturated rings. The van der Waals surface area contributed by atoms with Crippen molar-refractivity contribution in [2.24, 2.45) is 11.8 Å². The van der Waals surface area contributed by atoms with Crippen LogP contribution in [-0.2, 0) is 4.79 Å². The number of urea groups is 1. The first kappa shape index (κ1) is 14.8. The third-order valence-corrected chi connectivity index (χ3v) is 3.55. The summed E-state index contributed by atoms with van der Waals surface area (Å²) < 4.78 is 0. The number of carboxylic acid groups (broad SMARTS) is 1. The molecule has 1 aliphatic carbocycles. The van der Waals surface area contributed by atoms with Crippen LogP contribution >= 0.6 is 0 Å². The SMILES string of the molecule is CC(CCCNC(=O)NC(C)(C)C1CC1)C(=O)O. The molecule has 0 spiro atoms. The maximum absolute atomic E-state index is 11.6. The maximum Gasteiger partial charge on any atom is 0.315 e. The van der Waals surface area contributed by atoms with Gasteiger partial charge in [0.05, 0.1) is 5.92 Å². The highest BCUT2D eigenvalue weighted by Crippen LogP contribution is 2.39. The summed E-state index contributed by atoms with van der Waals surface area (Å²) in [5.41, 5.74) is -0.140. The van der Waals surface area contributed by atoms with E-state index in [0.29, 0.717) is 25.3 Å². The van der Waals surface area contributed by atoms with Gasteiger partial charge in [0, 0.05) is 12.1 Å². The van der Waals surface area contributed by atoms with Gasteiger partial charge in [0.25, 0.3) is 0 Å². The fourth-order valence-electron chi connectivity index (χ4n) is 1.98. The van der Waals surface area contributed by atoms with Gasteiger partial charge in [0.1, 0.15) is 0 Å². The van der Waals surface area contributed by atoms with Crippen LogP contribution in [0.4, 0.5) is 4.79 Å². The lowest BCUT2D eigenvalue weighted by atomic mass is 9.99. The molecule has 0 saturated heterocycles. The minimum Gasteiger partial charge on any atom is -0.481 e. The van der Waals surface area contributed by atoms with Crippen molar-refractivity contribution in [2.45, 2.75) is 52.0 Å². The summed E-state index contributed by atoms with van der Waals surface area (Å²) in [6.07, 6.45) is 3.64. The van der Waals surface area contributed by atoms with Gasteiger partial charge in [-0.05, 0) is 45.4 Å². The fourth-order valence-corrected chi connectivity index (χ4v) is 1.98. The van der Waals surface area contributed by atoms with E-state index in [0.717, 1.165) is 0 Å². The lowest BCUT2D eigenvalue weighted by molar-refractivity contribution is -0.141. The number of hydrogen-bond acceptors (Lipinski definition) is 2. The quantitative estimate of drug-likeness (QED) is 0.609. The third-order valence-electron chi connectivity index (χ3n) is 3.55. The molecule has 0 aromatic rings. The van der Waals surface area contributed by atoms with Crippen LogP contribution in [0, 0.1) is 11.8 Å². The Hall–Kier alpha value is -1.26. The molecule has 0 radical (unpaired) electrons. The van der Waals surface area contributed by atoms with E-state index in [1.54, 1.807) is 6.92 Å². The van der Waals surface area contributed by atoms with E-state index in [1.807, 2.05) is 13.8 Å². The van der Waals surface area contributed by atoms with Gasteiger partial charge in [-0.15, -0.1) is 0 Å². The Labute approximate surface area is 108 Å². The third kappa shape index (κ3) is 4.94. The molecule has 1 atom stereocenters. The molecule has 104 valence electrons. The molecule has 1 aliphatic rings. The van der Waals surface area contributed by atoms with Crippen molar-refractivity contribution >= 4 is 12.0 Å². The topological polar surface area (TPSA) is 78.4 Å². The number of nitrogens with one attached hydrogen (secondary N) is 2. The number of carbonyl (C=O) groups excluding carboxylic acids is 1. The van der Waals surface area contributed by atoms with Gasteiger partial charge < -0.3 is 15.7 Å². The predicted octanol–water partition coefficient (Wildman–Crippen LogP) is 1.98. The fraction of sp³-hybridized carbons (Fsp3) is 0.846. The minimum absolute atomic E-state index is 0.140. The number of amides is 2. The van der Waals surface area contributed by atoms with Crippen molar-refractivity contribution in [1.82, 2.24) is 10.6 Å². The number of hydrogen-bond donors (Lipinski definition) is 3. The highest BCUT2D eigenvalue weighted by molar-refractivity contribution is 5.74. The normalized spacial score (nSPS) is 17.1. The summed E-state index contributed by atoms with van der Waals surface area (Å²) in [7, 11) is 0. The Morgan fingerprint density at radius 2 is 2.00 bits per heavy atom. The van der Waals surface area contributed by atoms with E-state index in [-0.39, 0.29) is 17.5 Å². The van der Waals surface area contributed by atoms with E-state index in [2.05, 4.69) is 10.6 Å². The van der Waals surface area contributed by atoms with Gasteiger partial charge in [-0.1, -0.05) is 6.92 Å². The van der Waals surface area contributed by atoms with E-state index < -0.39 is 5.97 Å². The molecular weight excluding hydrogens is 232 g/mol. The lowest BCUT2D eigenvalue weighted by Gasteiger charge is -2.26. The zero-order valence-electron chi connectivity index (χ0n) is 11.5. The summed E-state index contributed by atoms with van der Waals surface area (Å²) >= 11 is 0. The Morgan fingerprint density at radius 1 is 1.39 bits per heavy atom. The van der Waals surface area contributed by atoms with Crippen LogP contribution in [0.5, 0.6) is 0 Å². The molecule has 1 unspecified atom stereocenters. The van der Waals surface area contributed by atoms with Gasteiger partial charge in [-0.25, -0.2) is 4.79 Å². The molecule has 0 bridgehead atoms. The average molecular weight is 256 g/mol. The molecule has 18 heavy (non-hydrogen) atoms. The molecule has 1 rings (SSSR count). The summed E-state index contributed by atoms with van der Waals surface area (Å²) in [6.45, 7) is 6.27. The largest absolute Gasteiger partial charge is 0.481 e. The first-order valence-corrected chi connectivity index (χ1v) is 6.61. The molecule has 0 aliphatic heterocycles. The zero-order valence-corrected chi connectivity index (χ0v) is 11.5. The molecular formula is C13H24N2O3. The van der Waals surface area contributed by atoms with Gasteiger partial charge in [0.15, 0.2) is 0 Å². The average Bonchev–Trinajstić information content (AvgIpc) is 3.06. The van der Waals surface area contributed by atoms with Crippen molar-refractivity contribution < 1.29 is 14.7 Å². The Morgan fingerprint density at radius 3 is 2.50 bits per heavy atom. The number of rotatable bonds is 7. The Kier molecular flexibility index (Phi) is 4.99. The molecule has 5 heteroatoms. The van der Waals surface area contributed by atoms with Crippen molar-refractivity contribution in [3.63, 3.8) is 0 Å². The predicted molar refractivity (Wildman–Crippen MR) is 69.4 cm³/mol. The molecule has 5 nitrogen and oxygen atoms in total. The van der Waals surface area contributed by atoms with E-state index in [4.69, 9.17) is 5.11 Å². The number of carbonyl (C=O) groups is 2. The molecule has 0 aromatic carbocycles. The summed E-state index contributed by atoms with van der Waals surface area (Å²) in [4.78, 5) is 22.2. The molecule has 3 N–H and O–H groups in total. The first-order chi connectivity index (χ1) is 8.33. The standard InChI is InChI=1S/C13H24N2O3/c1-9(11(16)17)5-4-8-14-12(18)15-13(2,3)10-6-7-10/h9-10H,4-8H2,1-3H3,(H,16,17)(H2,14,15,18). The van der Waals surface area contributed by atoms with Crippen LogP contribution in [0.2, 0.25) is 0 Å². The smallest absolute Gasteiger partial charge is 0.315 e. The monoisotopic (exact) mass is 256 g/mol. The van der Waals surface area contributed by atoms with E-state index >= 15 is 0 Å². The lowest BCUT2D eigenvalue weighted by Crippen LogP contribution is -2.49. The maximum atomic E-state index is 11.6. The summed E-state index contributed by atoms with van der Waals surface area (Å²) in [6, 6.07) is -0.158. The second kappa shape index (κ2) is 6.07. The Bertz CT molecular complexity index is 311. The first-order valence-electron chi connectivity index (χ1n) is 6.61. The second-order valence-corrected chi connectivity index (χ2v) is 5.76. The van der Waals surface area contributed by atoms with Gasteiger partial charge >= 0.3 is 12.0 Å². The highest BCUT2D eigenvalue weighted by Gasteiger charge is 2.38. The van der Waals surface area contributed by atoms with Crippen LogP contribution in [0.15, 0.2) is 0 Å². The van der Waals surface area contributed by atoms with E-state index in [1.165, 1.54) is 12.8 Å².